The van der Waals surface area contributed by atoms with Crippen molar-refractivity contribution in [2.45, 2.75) is 44.0 Å². The van der Waals surface area contributed by atoms with Crippen molar-refractivity contribution in [2.24, 2.45) is 5.41 Å². The van der Waals surface area contributed by atoms with Gasteiger partial charge in [0.25, 0.3) is 0 Å². The molecule has 2 aliphatic rings. The Morgan fingerprint density at radius 2 is 2.33 bits per heavy atom. The van der Waals surface area contributed by atoms with E-state index in [9.17, 15) is 15.0 Å². The number of methoxy groups -OCH3 is 1. The Morgan fingerprint density at radius 3 is 2.90 bits per heavy atom. The lowest BCUT2D eigenvalue weighted by atomic mass is 9.70. The number of hydrogen-bond acceptors (Lipinski definition) is 4. The van der Waals surface area contributed by atoms with E-state index in [2.05, 4.69) is 0 Å². The van der Waals surface area contributed by atoms with Crippen LogP contribution in [0.25, 0.3) is 0 Å². The second-order valence-corrected chi connectivity index (χ2v) is 5.99. The van der Waals surface area contributed by atoms with Gasteiger partial charge in [-0.25, -0.2) is 0 Å². The first-order valence-electron chi connectivity index (χ1n) is 7.26. The number of aliphatic hydroxyl groups is 1. The minimum absolute atomic E-state index is 0.0311. The average Bonchev–Trinajstić information content (AvgIpc) is 3.08. The van der Waals surface area contributed by atoms with Crippen LogP contribution in [0.2, 0.25) is 0 Å². The van der Waals surface area contributed by atoms with Crippen LogP contribution in [0.1, 0.15) is 37.4 Å². The lowest BCUT2D eigenvalue weighted by molar-refractivity contribution is -0.155. The highest BCUT2D eigenvalue weighted by atomic mass is 16.5. The number of hydrogen-bond donors (Lipinski definition) is 2. The third-order valence-corrected chi connectivity index (χ3v) is 4.78. The van der Waals surface area contributed by atoms with E-state index in [-0.39, 0.29) is 18.6 Å². The maximum absolute atomic E-state index is 11.8. The minimum Gasteiger partial charge on any atom is -0.497 e. The fourth-order valence-electron chi connectivity index (χ4n) is 3.64. The van der Waals surface area contributed by atoms with Crippen LogP contribution in [0.3, 0.4) is 0 Å². The van der Waals surface area contributed by atoms with Crippen molar-refractivity contribution in [3.05, 3.63) is 29.8 Å². The van der Waals surface area contributed by atoms with Gasteiger partial charge in [-0.2, -0.15) is 0 Å². The van der Waals surface area contributed by atoms with Crippen LogP contribution in [-0.2, 0) is 9.53 Å². The molecule has 2 bridgehead atoms. The summed E-state index contributed by atoms with van der Waals surface area (Å²) in [6.07, 6.45) is 1.28. The molecule has 1 aromatic carbocycles. The first-order chi connectivity index (χ1) is 10.0. The molecule has 5 nitrogen and oxygen atoms in total. The second kappa shape index (κ2) is 5.31. The monoisotopic (exact) mass is 292 g/mol. The molecule has 0 aromatic heterocycles. The zero-order valence-electron chi connectivity index (χ0n) is 12.0. The summed E-state index contributed by atoms with van der Waals surface area (Å²) in [7, 11) is 1.56. The van der Waals surface area contributed by atoms with Crippen LogP contribution in [0.4, 0.5) is 0 Å². The van der Waals surface area contributed by atoms with E-state index in [0.29, 0.717) is 17.7 Å². The molecule has 2 aliphatic heterocycles. The number of benzene rings is 1. The molecule has 4 atom stereocenters. The lowest BCUT2D eigenvalue weighted by Gasteiger charge is -2.32. The molecule has 2 saturated heterocycles. The van der Waals surface area contributed by atoms with Crippen molar-refractivity contribution in [1.29, 1.82) is 0 Å². The van der Waals surface area contributed by atoms with Crippen LogP contribution < -0.4 is 4.74 Å². The standard InChI is InChI=1S/C16H20O5/c1-20-11-4-2-3-10(7-11)13(17)9-16(15(18)19)8-12-5-6-14(16)21-12/h2-4,7,12-14,17H,5-6,8-9H2,1H3,(H,18,19). The molecule has 2 N–H and O–H groups in total. The van der Waals surface area contributed by atoms with Gasteiger partial charge in [-0.3, -0.25) is 4.79 Å². The summed E-state index contributed by atoms with van der Waals surface area (Å²) in [4.78, 5) is 11.8. The third-order valence-electron chi connectivity index (χ3n) is 4.78. The molecule has 5 heteroatoms. The number of fused-ring (bicyclic) bond motifs is 2. The fraction of sp³-hybridized carbons (Fsp3) is 0.562. The number of carbonyl (C=O) groups is 1. The summed E-state index contributed by atoms with van der Waals surface area (Å²) in [6, 6.07) is 7.12. The van der Waals surface area contributed by atoms with Gasteiger partial charge in [-0.15, -0.1) is 0 Å². The first kappa shape index (κ1) is 14.4. The molecule has 2 fully saturated rings. The van der Waals surface area contributed by atoms with E-state index in [0.717, 1.165) is 12.8 Å². The summed E-state index contributed by atoms with van der Waals surface area (Å²) in [6.45, 7) is 0. The van der Waals surface area contributed by atoms with Gasteiger partial charge < -0.3 is 19.7 Å². The normalized spacial score (nSPS) is 32.1. The van der Waals surface area contributed by atoms with Crippen molar-refractivity contribution in [3.8, 4) is 5.75 Å². The Morgan fingerprint density at radius 1 is 1.52 bits per heavy atom. The van der Waals surface area contributed by atoms with Crippen molar-refractivity contribution in [1.82, 2.24) is 0 Å². The Balaban J connectivity index is 1.81. The van der Waals surface area contributed by atoms with E-state index >= 15 is 0 Å². The molecule has 0 saturated carbocycles. The second-order valence-electron chi connectivity index (χ2n) is 5.99. The summed E-state index contributed by atoms with van der Waals surface area (Å²) >= 11 is 0. The van der Waals surface area contributed by atoms with Crippen LogP contribution in [-0.4, -0.2) is 35.5 Å². The van der Waals surface area contributed by atoms with E-state index in [1.54, 1.807) is 31.4 Å². The van der Waals surface area contributed by atoms with Gasteiger partial charge in [0.05, 0.1) is 30.8 Å². The van der Waals surface area contributed by atoms with Gasteiger partial charge in [0.15, 0.2) is 0 Å². The topological polar surface area (TPSA) is 76.0 Å². The van der Waals surface area contributed by atoms with Gasteiger partial charge in [0.1, 0.15) is 5.75 Å². The molecule has 0 radical (unpaired) electrons. The smallest absolute Gasteiger partial charge is 0.312 e. The Hall–Kier alpha value is -1.59. The summed E-state index contributed by atoms with van der Waals surface area (Å²) in [5, 5.41) is 20.1. The summed E-state index contributed by atoms with van der Waals surface area (Å²) in [5.74, 6) is -0.211. The van der Waals surface area contributed by atoms with Crippen molar-refractivity contribution in [3.63, 3.8) is 0 Å². The number of carboxylic acids is 1. The van der Waals surface area contributed by atoms with Crippen molar-refractivity contribution >= 4 is 5.97 Å². The highest BCUT2D eigenvalue weighted by molar-refractivity contribution is 5.76. The number of aliphatic carboxylic acids is 1. The van der Waals surface area contributed by atoms with E-state index < -0.39 is 17.5 Å². The van der Waals surface area contributed by atoms with Gasteiger partial charge in [-0.1, -0.05) is 12.1 Å². The van der Waals surface area contributed by atoms with Crippen molar-refractivity contribution in [2.75, 3.05) is 7.11 Å². The quantitative estimate of drug-likeness (QED) is 0.869. The highest BCUT2D eigenvalue weighted by Crippen LogP contribution is 2.52. The van der Waals surface area contributed by atoms with E-state index in [1.807, 2.05) is 0 Å². The minimum atomic E-state index is -0.967. The number of carboxylic acid groups (broad SMARTS) is 1. The molecule has 0 amide bonds. The highest BCUT2D eigenvalue weighted by Gasteiger charge is 2.57. The van der Waals surface area contributed by atoms with Crippen LogP contribution >= 0.6 is 0 Å². The molecule has 1 aromatic rings. The van der Waals surface area contributed by atoms with Gasteiger partial charge in [-0.05, 0) is 43.4 Å². The van der Waals surface area contributed by atoms with Crippen LogP contribution in [0.5, 0.6) is 5.75 Å². The number of rotatable bonds is 5. The molecular weight excluding hydrogens is 272 g/mol. The van der Waals surface area contributed by atoms with E-state index in [1.165, 1.54) is 0 Å². The Bertz CT molecular complexity index is 543. The average molecular weight is 292 g/mol. The summed E-state index contributed by atoms with van der Waals surface area (Å²) in [5.41, 5.74) is -0.288. The molecule has 2 heterocycles. The lowest BCUT2D eigenvalue weighted by Crippen LogP contribution is -2.41. The third kappa shape index (κ3) is 2.40. The van der Waals surface area contributed by atoms with E-state index in [4.69, 9.17) is 9.47 Å². The largest absolute Gasteiger partial charge is 0.497 e. The number of ether oxygens (including phenoxy) is 2. The summed E-state index contributed by atoms with van der Waals surface area (Å²) < 4.78 is 10.9. The Labute approximate surface area is 123 Å². The molecule has 3 rings (SSSR count). The molecule has 114 valence electrons. The first-order valence-corrected chi connectivity index (χ1v) is 7.26. The maximum atomic E-state index is 11.8. The SMILES string of the molecule is COc1cccc(C(O)CC2(C(=O)O)CC3CCC2O3)c1. The zero-order chi connectivity index (χ0) is 15.0. The predicted molar refractivity (Wildman–Crippen MR) is 75.2 cm³/mol. The zero-order valence-corrected chi connectivity index (χ0v) is 12.0. The molecule has 4 unspecified atom stereocenters. The van der Waals surface area contributed by atoms with Gasteiger partial charge >= 0.3 is 5.97 Å². The number of aliphatic hydroxyl groups excluding tert-OH is 1. The molecule has 0 aliphatic carbocycles. The van der Waals surface area contributed by atoms with Gasteiger partial charge in [0.2, 0.25) is 0 Å². The molecule has 21 heavy (non-hydrogen) atoms. The van der Waals surface area contributed by atoms with Crippen LogP contribution in [0, 0.1) is 5.41 Å². The predicted octanol–water partition coefficient (Wildman–Crippen LogP) is 2.14. The van der Waals surface area contributed by atoms with Gasteiger partial charge in [0, 0.05) is 0 Å². The van der Waals surface area contributed by atoms with Crippen molar-refractivity contribution < 1.29 is 24.5 Å². The molecular formula is C16H20O5. The maximum Gasteiger partial charge on any atom is 0.312 e. The fourth-order valence-corrected chi connectivity index (χ4v) is 3.64. The Kier molecular flexibility index (Phi) is 3.63. The molecule has 0 spiro atoms. The van der Waals surface area contributed by atoms with Crippen LogP contribution in [0.15, 0.2) is 24.3 Å².